The van der Waals surface area contributed by atoms with Crippen molar-refractivity contribution in [1.82, 2.24) is 14.8 Å². The molecular formula is C23H25ClN4O2. The molecule has 2 atom stereocenters. The highest BCUT2D eigenvalue weighted by atomic mass is 35.5. The number of hydrogen-bond donors (Lipinski definition) is 0. The van der Waals surface area contributed by atoms with Crippen LogP contribution in [0.4, 0.5) is 5.95 Å². The number of aromatic nitrogens is 3. The minimum absolute atomic E-state index is 0.0397. The Kier molecular flexibility index (Phi) is 6.04. The maximum Gasteiger partial charge on any atom is 0.231 e. The molecule has 0 saturated carbocycles. The maximum absolute atomic E-state index is 13.2. The van der Waals surface area contributed by atoms with Gasteiger partial charge in [-0.15, -0.1) is 0 Å². The molecule has 3 aromatic rings. The Hall–Kier alpha value is -2.86. The van der Waals surface area contributed by atoms with Crippen molar-refractivity contribution in [2.24, 2.45) is 0 Å². The average Bonchev–Trinajstić information content (AvgIpc) is 3.27. The summed E-state index contributed by atoms with van der Waals surface area (Å²) in [5, 5.41) is 5.16. The van der Waals surface area contributed by atoms with Crippen molar-refractivity contribution in [3.05, 3.63) is 71.0 Å². The number of anilines is 1. The first kappa shape index (κ1) is 20.4. The minimum Gasteiger partial charge on any atom is -0.497 e. The van der Waals surface area contributed by atoms with Crippen LogP contribution >= 0.6 is 11.6 Å². The third kappa shape index (κ3) is 3.92. The molecule has 1 aliphatic heterocycles. The fourth-order valence-electron chi connectivity index (χ4n) is 4.00. The van der Waals surface area contributed by atoms with Gasteiger partial charge < -0.3 is 4.74 Å². The van der Waals surface area contributed by atoms with Crippen LogP contribution in [-0.2, 0) is 4.79 Å². The van der Waals surface area contributed by atoms with Gasteiger partial charge in [-0.2, -0.15) is 10.1 Å². The molecule has 30 heavy (non-hydrogen) atoms. The first-order valence-corrected chi connectivity index (χ1v) is 10.6. The molecule has 0 N–H and O–H groups in total. The zero-order valence-electron chi connectivity index (χ0n) is 17.2. The van der Waals surface area contributed by atoms with E-state index < -0.39 is 0 Å². The van der Waals surface area contributed by atoms with Crippen LogP contribution in [0.15, 0.2) is 54.9 Å². The molecule has 7 heteroatoms. The Morgan fingerprint density at radius 1 is 1.10 bits per heavy atom. The zero-order valence-corrected chi connectivity index (χ0v) is 17.9. The molecule has 0 radical (unpaired) electrons. The van der Waals surface area contributed by atoms with Crippen molar-refractivity contribution < 1.29 is 9.53 Å². The Labute approximate surface area is 181 Å². The number of hydrogen-bond acceptors (Lipinski definition) is 4. The summed E-state index contributed by atoms with van der Waals surface area (Å²) in [7, 11) is 1.65. The largest absolute Gasteiger partial charge is 0.497 e. The summed E-state index contributed by atoms with van der Waals surface area (Å²) < 4.78 is 7.16. The average molecular weight is 425 g/mol. The monoisotopic (exact) mass is 424 g/mol. The molecule has 0 bridgehead atoms. The van der Waals surface area contributed by atoms with E-state index in [1.54, 1.807) is 7.11 Å². The number of methoxy groups -OCH3 is 1. The lowest BCUT2D eigenvalue weighted by Crippen LogP contribution is -2.42. The number of rotatable bonds is 6. The third-order valence-electron chi connectivity index (χ3n) is 5.59. The number of ether oxygens (including phenoxy) is 1. The smallest absolute Gasteiger partial charge is 0.231 e. The van der Waals surface area contributed by atoms with E-state index in [4.69, 9.17) is 16.3 Å². The molecule has 4 rings (SSSR count). The van der Waals surface area contributed by atoms with Gasteiger partial charge >= 0.3 is 0 Å². The van der Waals surface area contributed by atoms with Gasteiger partial charge in [0.15, 0.2) is 0 Å². The van der Waals surface area contributed by atoms with E-state index >= 15 is 0 Å². The van der Waals surface area contributed by atoms with E-state index in [2.05, 4.69) is 17.0 Å². The van der Waals surface area contributed by atoms with Crippen LogP contribution in [0.25, 0.3) is 0 Å². The second-order valence-electron chi connectivity index (χ2n) is 7.46. The number of halogens is 1. The number of carbonyl (C=O) groups is 1. The first-order valence-electron chi connectivity index (χ1n) is 10.2. The molecule has 2 unspecified atom stereocenters. The summed E-state index contributed by atoms with van der Waals surface area (Å²) in [5.74, 6) is 1.44. The van der Waals surface area contributed by atoms with Crippen LogP contribution in [0.3, 0.4) is 0 Å². The van der Waals surface area contributed by atoms with Gasteiger partial charge in [0.25, 0.3) is 0 Å². The molecular weight excluding hydrogens is 400 g/mol. The second kappa shape index (κ2) is 8.88. The van der Waals surface area contributed by atoms with Crippen LogP contribution in [-0.4, -0.2) is 27.8 Å². The van der Waals surface area contributed by atoms with Crippen molar-refractivity contribution in [2.75, 3.05) is 12.0 Å². The normalized spacial score (nSPS) is 18.2. The third-order valence-corrected chi connectivity index (χ3v) is 5.84. The Morgan fingerprint density at radius 2 is 1.77 bits per heavy atom. The van der Waals surface area contributed by atoms with Crippen LogP contribution in [0, 0.1) is 0 Å². The number of carbonyl (C=O) groups excluding carboxylic acids is 1. The maximum atomic E-state index is 13.2. The van der Waals surface area contributed by atoms with Gasteiger partial charge in [0.2, 0.25) is 11.9 Å². The van der Waals surface area contributed by atoms with E-state index in [9.17, 15) is 4.79 Å². The lowest BCUT2D eigenvalue weighted by atomic mass is 9.91. The fraction of sp³-hybridized carbons (Fsp3) is 0.348. The number of amides is 1. The van der Waals surface area contributed by atoms with E-state index in [1.807, 2.05) is 58.1 Å². The molecule has 1 amide bonds. The highest BCUT2D eigenvalue weighted by molar-refractivity contribution is 6.30. The van der Waals surface area contributed by atoms with E-state index in [-0.39, 0.29) is 18.0 Å². The molecule has 2 heterocycles. The minimum atomic E-state index is -0.141. The number of unbranched alkanes of at least 4 members (excludes halogenated alkanes) is 1. The van der Waals surface area contributed by atoms with Gasteiger partial charge in [0.1, 0.15) is 12.1 Å². The van der Waals surface area contributed by atoms with E-state index in [0.29, 0.717) is 23.8 Å². The second-order valence-corrected chi connectivity index (χ2v) is 7.90. The molecule has 0 fully saturated rings. The molecule has 156 valence electrons. The van der Waals surface area contributed by atoms with E-state index in [1.165, 1.54) is 6.33 Å². The molecule has 2 aromatic carbocycles. The number of fused-ring (bicyclic) bond motifs is 1. The zero-order chi connectivity index (χ0) is 21.1. The summed E-state index contributed by atoms with van der Waals surface area (Å²) in [5.41, 5.74) is 2.14. The summed E-state index contributed by atoms with van der Waals surface area (Å²) in [6.45, 7) is 2.09. The number of nitrogens with zero attached hydrogens (tertiary/aromatic N) is 4. The lowest BCUT2D eigenvalue weighted by Gasteiger charge is -2.39. The van der Waals surface area contributed by atoms with Gasteiger partial charge in [-0.3, -0.25) is 9.69 Å². The van der Waals surface area contributed by atoms with Gasteiger partial charge in [-0.25, -0.2) is 4.68 Å². The van der Waals surface area contributed by atoms with Gasteiger partial charge in [0.05, 0.1) is 19.2 Å². The standard InChI is InChI=1S/C23H25ClN4O2/c1-3-4-5-22(29)27-20(16-8-12-19(30-2)13-9-16)14-21(28-23(27)25-15-26-28)17-6-10-18(24)11-7-17/h6-13,15,20-21H,3-5,14H2,1-2H3. The molecule has 6 nitrogen and oxygen atoms in total. The quantitative estimate of drug-likeness (QED) is 0.545. The lowest BCUT2D eigenvalue weighted by molar-refractivity contribution is -0.119. The topological polar surface area (TPSA) is 60.2 Å². The predicted molar refractivity (Wildman–Crippen MR) is 117 cm³/mol. The fourth-order valence-corrected chi connectivity index (χ4v) is 4.13. The molecule has 0 aliphatic carbocycles. The summed E-state index contributed by atoms with van der Waals surface area (Å²) >= 11 is 6.10. The molecule has 1 aromatic heterocycles. The highest BCUT2D eigenvalue weighted by Gasteiger charge is 2.39. The summed E-state index contributed by atoms with van der Waals surface area (Å²) in [4.78, 5) is 19.5. The summed E-state index contributed by atoms with van der Waals surface area (Å²) in [6, 6.07) is 15.5. The van der Waals surface area contributed by atoms with Gasteiger partial charge in [-0.1, -0.05) is 49.2 Å². The molecule has 0 saturated heterocycles. The van der Waals surface area contributed by atoms with Crippen LogP contribution in [0.2, 0.25) is 5.02 Å². The van der Waals surface area contributed by atoms with E-state index in [0.717, 1.165) is 29.7 Å². The van der Waals surface area contributed by atoms with Crippen LogP contribution < -0.4 is 9.64 Å². The number of benzene rings is 2. The Balaban J connectivity index is 1.78. The van der Waals surface area contributed by atoms with Crippen molar-refractivity contribution in [1.29, 1.82) is 0 Å². The van der Waals surface area contributed by atoms with Gasteiger partial charge in [0, 0.05) is 11.4 Å². The van der Waals surface area contributed by atoms with Crippen molar-refractivity contribution in [2.45, 2.75) is 44.7 Å². The molecule has 1 aliphatic rings. The van der Waals surface area contributed by atoms with Crippen molar-refractivity contribution >= 4 is 23.5 Å². The highest BCUT2D eigenvalue weighted by Crippen LogP contribution is 2.42. The predicted octanol–water partition coefficient (Wildman–Crippen LogP) is 5.20. The Morgan fingerprint density at radius 3 is 2.43 bits per heavy atom. The first-order chi connectivity index (χ1) is 14.6. The van der Waals surface area contributed by atoms with Crippen LogP contribution in [0.1, 0.15) is 55.8 Å². The Bertz CT molecular complexity index is 1000. The van der Waals surface area contributed by atoms with Crippen LogP contribution in [0.5, 0.6) is 5.75 Å². The SMILES string of the molecule is CCCCC(=O)N1c2ncnn2C(c2ccc(Cl)cc2)CC1c1ccc(OC)cc1. The van der Waals surface area contributed by atoms with Crippen molar-refractivity contribution in [3.8, 4) is 5.75 Å². The summed E-state index contributed by atoms with van der Waals surface area (Å²) in [6.07, 6.45) is 4.52. The van der Waals surface area contributed by atoms with Gasteiger partial charge in [-0.05, 0) is 48.2 Å². The van der Waals surface area contributed by atoms with Crippen molar-refractivity contribution in [3.63, 3.8) is 0 Å². The molecule has 0 spiro atoms.